The topological polar surface area (TPSA) is 46.5 Å². The van der Waals surface area contributed by atoms with Crippen LogP contribution in [-0.4, -0.2) is 14.1 Å². The van der Waals surface area contributed by atoms with E-state index in [-0.39, 0.29) is 17.2 Å². The van der Waals surface area contributed by atoms with E-state index in [9.17, 15) is 44.8 Å². The van der Waals surface area contributed by atoms with Crippen molar-refractivity contribution < 1.29 is 39.5 Å². The molecule has 0 spiro atoms. The Balaban J connectivity index is 1.25. The summed E-state index contributed by atoms with van der Waals surface area (Å²) in [4.78, 5) is 4.76. The standard InChI is InChI=1S/C52H29F9N4/c1-29-18-33(20-35(19-29)50(53,54)55)30-14-16-45-41(23-30)39-10-4-6-12-43(39)64(45)47-27-63-28-48(49(47)38-9-3-2-8-32(38)26-62)65-44-13-7-5-11-40(44)42-24-31(15-17-46(42)65)34-21-36(51(56,57)58)25-37(22-34)52(59,60)61/h2-25,27-28H,1H3. The maximum absolute atomic E-state index is 14.0. The molecule has 0 N–H and O–H groups in total. The van der Waals surface area contributed by atoms with Crippen LogP contribution in [0.3, 0.4) is 0 Å². The molecule has 0 aliphatic heterocycles. The summed E-state index contributed by atoms with van der Waals surface area (Å²) in [6, 6.07) is 39.7. The third kappa shape index (κ3) is 7.02. The number of fused-ring (bicyclic) bond motifs is 6. The lowest BCUT2D eigenvalue weighted by Crippen LogP contribution is -2.11. The minimum atomic E-state index is -5.04. The predicted octanol–water partition coefficient (Wildman–Crippen LogP) is 15.5. The molecule has 0 fully saturated rings. The third-order valence-corrected chi connectivity index (χ3v) is 11.7. The molecular formula is C52H29F9N4. The van der Waals surface area contributed by atoms with Gasteiger partial charge in [0.15, 0.2) is 0 Å². The Morgan fingerprint density at radius 3 is 1.37 bits per heavy atom. The Morgan fingerprint density at radius 1 is 0.446 bits per heavy atom. The monoisotopic (exact) mass is 880 g/mol. The van der Waals surface area contributed by atoms with Gasteiger partial charge in [0.25, 0.3) is 0 Å². The van der Waals surface area contributed by atoms with Crippen LogP contribution in [-0.2, 0) is 18.5 Å². The molecule has 0 atom stereocenters. The number of nitrogens with zero attached hydrogens (tertiary/aromatic N) is 4. The van der Waals surface area contributed by atoms with E-state index in [2.05, 4.69) is 6.07 Å². The summed E-state index contributed by atoms with van der Waals surface area (Å²) in [5.41, 5.74) is 2.77. The van der Waals surface area contributed by atoms with Crippen molar-refractivity contribution >= 4 is 43.6 Å². The zero-order valence-electron chi connectivity index (χ0n) is 33.7. The molecule has 3 aromatic heterocycles. The molecule has 0 saturated carbocycles. The second kappa shape index (κ2) is 14.9. The van der Waals surface area contributed by atoms with Crippen molar-refractivity contribution in [2.24, 2.45) is 0 Å². The molecule has 320 valence electrons. The van der Waals surface area contributed by atoms with E-state index >= 15 is 0 Å². The SMILES string of the molecule is Cc1cc(-c2ccc3c(c2)c2ccccc2n3-c2cncc(-n3c4ccccc4c4cc(-c5cc(C(F)(F)F)cc(C(F)(F)F)c5)ccc43)c2-c2ccccc2C#N)cc(C(F)(F)F)c1. The van der Waals surface area contributed by atoms with Crippen molar-refractivity contribution in [2.75, 3.05) is 0 Å². The van der Waals surface area contributed by atoms with Crippen LogP contribution in [0.15, 0.2) is 158 Å². The van der Waals surface area contributed by atoms with Gasteiger partial charge in [-0.1, -0.05) is 72.8 Å². The van der Waals surface area contributed by atoms with Crippen LogP contribution in [0.5, 0.6) is 0 Å². The number of para-hydroxylation sites is 2. The van der Waals surface area contributed by atoms with E-state index in [0.717, 1.165) is 28.4 Å². The second-order valence-corrected chi connectivity index (χ2v) is 15.8. The van der Waals surface area contributed by atoms with Gasteiger partial charge in [-0.25, -0.2) is 0 Å². The molecule has 10 aromatic rings. The van der Waals surface area contributed by atoms with Crippen molar-refractivity contribution in [2.45, 2.75) is 25.5 Å². The second-order valence-electron chi connectivity index (χ2n) is 15.8. The van der Waals surface area contributed by atoms with Gasteiger partial charge in [0, 0.05) is 32.7 Å². The number of aryl methyl sites for hydroxylation is 1. The van der Waals surface area contributed by atoms with Crippen LogP contribution >= 0.6 is 0 Å². The molecule has 7 aromatic carbocycles. The molecule has 10 rings (SSSR count). The lowest BCUT2D eigenvalue weighted by Gasteiger charge is -2.20. The number of hydrogen-bond acceptors (Lipinski definition) is 2. The highest BCUT2D eigenvalue weighted by atomic mass is 19.4. The van der Waals surface area contributed by atoms with E-state index in [1.165, 1.54) is 6.07 Å². The van der Waals surface area contributed by atoms with Crippen LogP contribution in [0.2, 0.25) is 0 Å². The Kier molecular flexibility index (Phi) is 9.42. The first kappa shape index (κ1) is 41.2. The van der Waals surface area contributed by atoms with Gasteiger partial charge < -0.3 is 9.13 Å². The highest BCUT2D eigenvalue weighted by Crippen LogP contribution is 2.45. The zero-order valence-corrected chi connectivity index (χ0v) is 33.7. The van der Waals surface area contributed by atoms with Gasteiger partial charge in [0.05, 0.1) is 74.2 Å². The van der Waals surface area contributed by atoms with Gasteiger partial charge in [0.1, 0.15) is 0 Å². The molecule has 13 heteroatoms. The maximum Gasteiger partial charge on any atom is 0.416 e. The fraction of sp³-hybridized carbons (Fsp3) is 0.0769. The molecule has 4 nitrogen and oxygen atoms in total. The summed E-state index contributed by atoms with van der Waals surface area (Å²) < 4.78 is 129. The van der Waals surface area contributed by atoms with E-state index in [4.69, 9.17) is 4.98 Å². The smallest absolute Gasteiger partial charge is 0.307 e. The number of halogens is 9. The first-order valence-corrected chi connectivity index (χ1v) is 20.0. The highest BCUT2D eigenvalue weighted by molar-refractivity contribution is 6.13. The number of alkyl halides is 9. The molecule has 65 heavy (non-hydrogen) atoms. The van der Waals surface area contributed by atoms with Crippen LogP contribution in [0.4, 0.5) is 39.5 Å². The number of rotatable bonds is 5. The first-order valence-electron chi connectivity index (χ1n) is 20.0. The normalized spacial score (nSPS) is 12.4. The van der Waals surface area contributed by atoms with Crippen molar-refractivity contribution in [3.63, 3.8) is 0 Å². The number of nitriles is 1. The first-order chi connectivity index (χ1) is 31.0. The van der Waals surface area contributed by atoms with Gasteiger partial charge in [0.2, 0.25) is 0 Å². The van der Waals surface area contributed by atoms with Crippen molar-refractivity contribution in [1.82, 2.24) is 14.1 Å². The van der Waals surface area contributed by atoms with Gasteiger partial charge >= 0.3 is 18.5 Å². The van der Waals surface area contributed by atoms with Gasteiger partial charge in [-0.2, -0.15) is 44.8 Å². The largest absolute Gasteiger partial charge is 0.416 e. The number of hydrogen-bond donors (Lipinski definition) is 0. The molecule has 0 aliphatic rings. The summed E-state index contributed by atoms with van der Waals surface area (Å²) >= 11 is 0. The van der Waals surface area contributed by atoms with E-state index in [0.29, 0.717) is 84.2 Å². The van der Waals surface area contributed by atoms with Crippen molar-refractivity contribution in [3.05, 3.63) is 186 Å². The van der Waals surface area contributed by atoms with E-state index < -0.39 is 35.2 Å². The molecule has 0 unspecified atom stereocenters. The molecule has 0 aliphatic carbocycles. The Labute approximate surface area is 363 Å². The van der Waals surface area contributed by atoms with Crippen LogP contribution in [0.25, 0.3) is 88.4 Å². The number of aromatic nitrogens is 3. The minimum Gasteiger partial charge on any atom is -0.307 e. The molecule has 3 heterocycles. The number of pyridine rings is 1. The lowest BCUT2D eigenvalue weighted by molar-refractivity contribution is -0.143. The summed E-state index contributed by atoms with van der Waals surface area (Å²) in [5.74, 6) is 0. The van der Waals surface area contributed by atoms with Crippen molar-refractivity contribution in [3.8, 4) is 50.8 Å². The Bertz CT molecular complexity index is 3570. The average Bonchev–Trinajstić information content (AvgIpc) is 3.79. The summed E-state index contributed by atoms with van der Waals surface area (Å²) in [7, 11) is 0. The van der Waals surface area contributed by atoms with Gasteiger partial charge in [-0.3, -0.25) is 4.98 Å². The molecule has 0 radical (unpaired) electrons. The predicted molar refractivity (Wildman–Crippen MR) is 234 cm³/mol. The highest BCUT2D eigenvalue weighted by Gasteiger charge is 2.37. The van der Waals surface area contributed by atoms with Gasteiger partial charge in [-0.05, 0) is 108 Å². The van der Waals surface area contributed by atoms with Crippen LogP contribution < -0.4 is 0 Å². The molecule has 0 amide bonds. The van der Waals surface area contributed by atoms with Crippen molar-refractivity contribution in [1.29, 1.82) is 5.26 Å². The summed E-state index contributed by atoms with van der Waals surface area (Å²) in [6.45, 7) is 1.61. The van der Waals surface area contributed by atoms with E-state index in [1.807, 2.05) is 57.7 Å². The van der Waals surface area contributed by atoms with E-state index in [1.54, 1.807) is 80.0 Å². The number of benzene rings is 7. The fourth-order valence-electron chi connectivity index (χ4n) is 8.91. The lowest BCUT2D eigenvalue weighted by atomic mass is 9.97. The van der Waals surface area contributed by atoms with Crippen LogP contribution in [0.1, 0.15) is 27.8 Å². The average molecular weight is 881 g/mol. The zero-order chi connectivity index (χ0) is 45.6. The third-order valence-electron chi connectivity index (χ3n) is 11.7. The maximum atomic E-state index is 14.0. The molecule has 0 saturated heterocycles. The Morgan fingerprint density at radius 2 is 0.877 bits per heavy atom. The van der Waals surface area contributed by atoms with Crippen LogP contribution in [0, 0.1) is 18.3 Å². The fourth-order valence-corrected chi connectivity index (χ4v) is 8.91. The summed E-state index contributed by atoms with van der Waals surface area (Å²) in [6.07, 6.45) is -11.3. The molecular weight excluding hydrogens is 852 g/mol. The molecule has 0 bridgehead atoms. The minimum absolute atomic E-state index is 0.0990. The Hall–Kier alpha value is -7.85. The van der Waals surface area contributed by atoms with Gasteiger partial charge in [-0.15, -0.1) is 0 Å². The quantitative estimate of drug-likeness (QED) is 0.162. The summed E-state index contributed by atoms with van der Waals surface area (Å²) in [5, 5.41) is 13.2.